The van der Waals surface area contributed by atoms with Gasteiger partial charge < -0.3 is 20.2 Å². The van der Waals surface area contributed by atoms with Gasteiger partial charge in [0.1, 0.15) is 0 Å². The van der Waals surface area contributed by atoms with Gasteiger partial charge in [0, 0.05) is 5.41 Å². The fourth-order valence-corrected chi connectivity index (χ4v) is 6.29. The van der Waals surface area contributed by atoms with Crippen LogP contribution < -0.4 is 0 Å². The highest BCUT2D eigenvalue weighted by Crippen LogP contribution is 2.18. The summed E-state index contributed by atoms with van der Waals surface area (Å²) in [6, 6.07) is 0. The van der Waals surface area contributed by atoms with Gasteiger partial charge in [0.05, 0.1) is 19.8 Å². The maximum atomic E-state index is 8.66. The van der Waals surface area contributed by atoms with Crippen molar-refractivity contribution in [2.75, 3.05) is 39.5 Å². The van der Waals surface area contributed by atoms with Crippen LogP contribution in [0.4, 0.5) is 0 Å². The van der Waals surface area contributed by atoms with Crippen LogP contribution in [0.2, 0.25) is 0 Å². The molecule has 0 bridgehead atoms. The van der Waals surface area contributed by atoms with Gasteiger partial charge >= 0.3 is 0 Å². The van der Waals surface area contributed by atoms with Crippen molar-refractivity contribution in [2.45, 2.75) is 227 Å². The predicted molar refractivity (Wildman–Crippen MR) is 206 cm³/mol. The average molecular weight is 656 g/mol. The highest BCUT2D eigenvalue weighted by atomic mass is 16.3. The third-order valence-corrected chi connectivity index (χ3v) is 10.2. The molecule has 0 heterocycles. The van der Waals surface area contributed by atoms with Crippen molar-refractivity contribution in [1.29, 1.82) is 0 Å². The lowest BCUT2D eigenvalue weighted by Gasteiger charge is -2.24. The Morgan fingerprint density at radius 1 is 0.304 bits per heavy atom. The van der Waals surface area contributed by atoms with E-state index in [2.05, 4.69) is 25.7 Å². The van der Waals surface area contributed by atoms with Crippen LogP contribution >= 0.6 is 0 Å². The molecule has 0 aromatic rings. The van der Waals surface area contributed by atoms with Crippen LogP contribution in [-0.2, 0) is 0 Å². The summed E-state index contributed by atoms with van der Waals surface area (Å²) in [6.07, 6.45) is 44.2. The normalized spacial score (nSPS) is 11.7. The molecule has 0 saturated heterocycles. The van der Waals surface area contributed by atoms with E-state index in [0.29, 0.717) is 6.42 Å². The lowest BCUT2D eigenvalue weighted by atomic mass is 9.88. The van der Waals surface area contributed by atoms with E-state index in [1.165, 1.54) is 212 Å². The molecule has 4 nitrogen and oxygen atoms in total. The van der Waals surface area contributed by atoms with Crippen LogP contribution in [0.25, 0.3) is 0 Å². The molecular weight excluding hydrogens is 566 g/mol. The molecule has 0 atom stereocenters. The van der Waals surface area contributed by atoms with Gasteiger partial charge in [0.25, 0.3) is 0 Å². The molecule has 46 heavy (non-hydrogen) atoms. The Bertz CT molecular complexity index is 450. The third-order valence-electron chi connectivity index (χ3n) is 10.2. The van der Waals surface area contributed by atoms with E-state index in [0.717, 1.165) is 0 Å². The van der Waals surface area contributed by atoms with Crippen molar-refractivity contribution in [3.8, 4) is 0 Å². The molecular formula is C42H89NO3. The molecule has 0 saturated carbocycles. The second-order valence-corrected chi connectivity index (χ2v) is 14.7. The Morgan fingerprint density at radius 2 is 0.500 bits per heavy atom. The molecule has 0 aromatic heterocycles. The molecule has 0 spiro atoms. The fourth-order valence-electron chi connectivity index (χ4n) is 6.29. The van der Waals surface area contributed by atoms with Gasteiger partial charge in [0.2, 0.25) is 0 Å². The van der Waals surface area contributed by atoms with E-state index in [1.807, 2.05) is 6.92 Å². The van der Waals surface area contributed by atoms with Crippen LogP contribution in [0.15, 0.2) is 0 Å². The van der Waals surface area contributed by atoms with Crippen molar-refractivity contribution in [1.82, 2.24) is 4.90 Å². The van der Waals surface area contributed by atoms with Crippen molar-refractivity contribution >= 4 is 0 Å². The Labute approximate surface area is 291 Å². The minimum absolute atomic E-state index is 0.156. The molecule has 0 unspecified atom stereocenters. The van der Waals surface area contributed by atoms with Gasteiger partial charge in [-0.15, -0.1) is 0 Å². The average Bonchev–Trinajstić information content (AvgIpc) is 3.08. The highest BCUT2D eigenvalue weighted by molar-refractivity contribution is 4.74. The number of aliphatic hydroxyl groups is 3. The zero-order valence-corrected chi connectivity index (χ0v) is 32.5. The summed E-state index contributed by atoms with van der Waals surface area (Å²) >= 11 is 0. The molecule has 0 radical (unpaired) electrons. The number of nitrogens with zero attached hydrogens (tertiary/aromatic N) is 1. The van der Waals surface area contributed by atoms with E-state index >= 15 is 0 Å². The number of hydrogen-bond acceptors (Lipinski definition) is 4. The van der Waals surface area contributed by atoms with Gasteiger partial charge in [0.15, 0.2) is 0 Å². The third kappa shape index (κ3) is 35.2. The number of rotatable bonds is 37. The molecule has 280 valence electrons. The zero-order valence-electron chi connectivity index (χ0n) is 32.5. The first kappa shape index (κ1) is 48.0. The van der Waals surface area contributed by atoms with Crippen LogP contribution in [-0.4, -0.2) is 59.7 Å². The summed E-state index contributed by atoms with van der Waals surface area (Å²) in [7, 11) is 0. The number of hydrogen-bond donors (Lipinski definition) is 3. The van der Waals surface area contributed by atoms with Crippen molar-refractivity contribution < 1.29 is 15.3 Å². The van der Waals surface area contributed by atoms with E-state index in [4.69, 9.17) is 15.3 Å². The van der Waals surface area contributed by atoms with Gasteiger partial charge in [-0.05, 0) is 45.3 Å². The fraction of sp³-hybridized carbons (Fsp3) is 1.00. The molecule has 4 heteroatoms. The summed E-state index contributed by atoms with van der Waals surface area (Å²) in [6.45, 7) is 12.4. The minimum Gasteiger partial charge on any atom is -0.396 e. The van der Waals surface area contributed by atoms with Crippen molar-refractivity contribution in [3.05, 3.63) is 0 Å². The molecule has 0 aliphatic rings. The lowest BCUT2D eigenvalue weighted by molar-refractivity contribution is 0.00304. The zero-order chi connectivity index (χ0) is 34.2. The van der Waals surface area contributed by atoms with Crippen LogP contribution in [0.1, 0.15) is 227 Å². The Kier molecular flexibility index (Phi) is 42.8. The summed E-state index contributed by atoms with van der Waals surface area (Å²) in [5, 5.41) is 26.0. The maximum absolute atomic E-state index is 8.66. The number of unbranched alkanes of at least 4 members (excludes halogenated alkanes) is 27. The largest absolute Gasteiger partial charge is 0.396 e. The van der Waals surface area contributed by atoms with E-state index in [-0.39, 0.29) is 19.8 Å². The summed E-state index contributed by atoms with van der Waals surface area (Å²) in [4.78, 5) is 2.85. The lowest BCUT2D eigenvalue weighted by Crippen LogP contribution is -2.32. The van der Waals surface area contributed by atoms with Gasteiger partial charge in [-0.2, -0.15) is 0 Å². The van der Waals surface area contributed by atoms with Crippen LogP contribution in [0, 0.1) is 5.41 Å². The first-order valence-electron chi connectivity index (χ1n) is 21.1. The minimum atomic E-state index is -0.667. The predicted octanol–water partition coefficient (Wildman–Crippen LogP) is 12.4. The van der Waals surface area contributed by atoms with Crippen LogP contribution in [0.5, 0.6) is 0 Å². The summed E-state index contributed by atoms with van der Waals surface area (Å²) in [5.74, 6) is 0. The topological polar surface area (TPSA) is 63.9 Å². The first-order chi connectivity index (χ1) is 22.6. The maximum Gasteiger partial charge on any atom is 0.0531 e. The van der Waals surface area contributed by atoms with E-state index in [1.54, 1.807) is 0 Å². The molecule has 0 rings (SSSR count). The van der Waals surface area contributed by atoms with E-state index in [9.17, 15) is 0 Å². The summed E-state index contributed by atoms with van der Waals surface area (Å²) in [5.41, 5.74) is -0.667. The molecule has 3 N–H and O–H groups in total. The second kappa shape index (κ2) is 41.0. The highest BCUT2D eigenvalue weighted by Gasteiger charge is 2.24. The Morgan fingerprint density at radius 3 is 0.652 bits per heavy atom. The first-order valence-corrected chi connectivity index (χ1v) is 21.1. The summed E-state index contributed by atoms with van der Waals surface area (Å²) < 4.78 is 0. The van der Waals surface area contributed by atoms with Crippen LogP contribution in [0.3, 0.4) is 0 Å². The molecule has 0 aliphatic carbocycles. The van der Waals surface area contributed by atoms with Crippen molar-refractivity contribution in [2.24, 2.45) is 5.41 Å². The van der Waals surface area contributed by atoms with E-state index < -0.39 is 5.41 Å². The quantitative estimate of drug-likeness (QED) is 0.0583. The monoisotopic (exact) mass is 656 g/mol. The number of aliphatic hydroxyl groups excluding tert-OH is 3. The van der Waals surface area contributed by atoms with Gasteiger partial charge in [-0.3, -0.25) is 0 Å². The van der Waals surface area contributed by atoms with Gasteiger partial charge in [-0.1, -0.05) is 201 Å². The smallest absolute Gasteiger partial charge is 0.0531 e. The molecule has 0 fully saturated rings. The standard InChI is InChI=1S/C36H75N.C6H14O3/c1-4-7-10-13-16-19-22-25-28-31-34-37(35-32-29-26-23-20-17-14-11-8-5-2)36-33-30-27-24-21-18-15-12-9-6-3;1-2-6(3-7,4-8)5-9/h4-36H2,1-3H3;7-9H,2-5H2,1H3. The molecule has 0 amide bonds. The molecule has 0 aliphatic heterocycles. The Balaban J connectivity index is 0. The SMILES string of the molecule is CCC(CO)(CO)CO.CCCCCCCCCCCCN(CCCCCCCCCCCC)CCCCCCCCCCCC. The Hall–Kier alpha value is -0.160. The van der Waals surface area contributed by atoms with Crippen molar-refractivity contribution in [3.63, 3.8) is 0 Å². The molecule has 0 aromatic carbocycles. The van der Waals surface area contributed by atoms with Gasteiger partial charge in [-0.25, -0.2) is 0 Å². The second-order valence-electron chi connectivity index (χ2n) is 14.7.